The van der Waals surface area contributed by atoms with Gasteiger partial charge in [-0.05, 0) is 69.8 Å². The summed E-state index contributed by atoms with van der Waals surface area (Å²) in [6.07, 6.45) is 7.54. The van der Waals surface area contributed by atoms with Gasteiger partial charge in [-0.2, -0.15) is 0 Å². The van der Waals surface area contributed by atoms with Crippen molar-refractivity contribution < 1.29 is 0 Å². The third-order valence-electron chi connectivity index (χ3n) is 5.71. The average Bonchev–Trinajstić information content (AvgIpc) is 3.24. The summed E-state index contributed by atoms with van der Waals surface area (Å²) in [4.78, 5) is 2.64. The Labute approximate surface area is 137 Å². The second-order valence-corrected chi connectivity index (χ2v) is 7.26. The van der Waals surface area contributed by atoms with Gasteiger partial charge in [0, 0.05) is 24.5 Å². The van der Waals surface area contributed by atoms with E-state index in [-0.39, 0.29) is 0 Å². The first kappa shape index (κ1) is 14.9. The van der Waals surface area contributed by atoms with Crippen LogP contribution in [-0.4, -0.2) is 50.6 Å². The highest BCUT2D eigenvalue weighted by molar-refractivity contribution is 5.27. The third-order valence-corrected chi connectivity index (χ3v) is 5.71. The predicted octanol–water partition coefficient (Wildman–Crippen LogP) is 1.58. The monoisotopic (exact) mass is 314 g/mol. The lowest BCUT2D eigenvalue weighted by Crippen LogP contribution is -2.38. The number of rotatable bonds is 3. The SMILES string of the molecule is Cc1cc(CN2CCC3(CCNCC3)C2)c(C)n1-n1cnnc1. The molecule has 2 aromatic rings. The van der Waals surface area contributed by atoms with E-state index in [1.54, 1.807) is 12.7 Å². The highest BCUT2D eigenvalue weighted by atomic mass is 15.5. The molecule has 23 heavy (non-hydrogen) atoms. The number of likely N-dealkylation sites (tertiary alicyclic amines) is 1. The first-order valence-corrected chi connectivity index (χ1v) is 8.63. The van der Waals surface area contributed by atoms with Gasteiger partial charge >= 0.3 is 0 Å². The minimum Gasteiger partial charge on any atom is -0.317 e. The molecule has 0 amide bonds. The zero-order valence-electron chi connectivity index (χ0n) is 14.1. The molecule has 0 bridgehead atoms. The van der Waals surface area contributed by atoms with Crippen molar-refractivity contribution >= 4 is 0 Å². The minimum atomic E-state index is 0.574. The molecule has 1 N–H and O–H groups in total. The Morgan fingerprint density at radius 3 is 2.61 bits per heavy atom. The van der Waals surface area contributed by atoms with Gasteiger partial charge in [0.15, 0.2) is 0 Å². The number of piperidine rings is 1. The van der Waals surface area contributed by atoms with Gasteiger partial charge in [-0.3, -0.25) is 9.58 Å². The molecule has 4 heterocycles. The minimum absolute atomic E-state index is 0.574. The molecule has 0 aliphatic carbocycles. The van der Waals surface area contributed by atoms with Crippen molar-refractivity contribution in [2.24, 2.45) is 5.41 Å². The number of aromatic nitrogens is 4. The quantitative estimate of drug-likeness (QED) is 0.934. The summed E-state index contributed by atoms with van der Waals surface area (Å²) in [5, 5.41) is 11.4. The highest BCUT2D eigenvalue weighted by Gasteiger charge is 2.38. The molecule has 2 fully saturated rings. The van der Waals surface area contributed by atoms with E-state index in [1.165, 1.54) is 62.4 Å². The van der Waals surface area contributed by atoms with Crippen LogP contribution < -0.4 is 5.32 Å². The summed E-state index contributed by atoms with van der Waals surface area (Å²) in [6.45, 7) is 10.3. The Hall–Kier alpha value is -1.66. The molecule has 0 saturated carbocycles. The van der Waals surface area contributed by atoms with Crippen molar-refractivity contribution in [3.05, 3.63) is 35.7 Å². The van der Waals surface area contributed by atoms with Crippen LogP contribution in [0.15, 0.2) is 18.7 Å². The van der Waals surface area contributed by atoms with Crippen molar-refractivity contribution in [3.8, 4) is 0 Å². The maximum atomic E-state index is 3.93. The lowest BCUT2D eigenvalue weighted by atomic mass is 9.78. The molecule has 0 aromatic carbocycles. The van der Waals surface area contributed by atoms with E-state index in [0.29, 0.717) is 5.41 Å². The first-order chi connectivity index (χ1) is 11.2. The van der Waals surface area contributed by atoms with Gasteiger partial charge < -0.3 is 5.32 Å². The predicted molar refractivity (Wildman–Crippen MR) is 89.2 cm³/mol. The fraction of sp³-hybridized carbons (Fsp3) is 0.647. The average molecular weight is 314 g/mol. The maximum Gasteiger partial charge on any atom is 0.139 e. The van der Waals surface area contributed by atoms with Gasteiger partial charge in [-0.1, -0.05) is 0 Å². The number of hydrogen-bond donors (Lipinski definition) is 1. The lowest BCUT2D eigenvalue weighted by molar-refractivity contribution is 0.194. The highest BCUT2D eigenvalue weighted by Crippen LogP contribution is 2.39. The normalized spacial score (nSPS) is 21.3. The Morgan fingerprint density at radius 2 is 1.87 bits per heavy atom. The van der Waals surface area contributed by atoms with Gasteiger partial charge in [-0.15, -0.1) is 10.2 Å². The fourth-order valence-electron chi connectivity index (χ4n) is 4.40. The largest absolute Gasteiger partial charge is 0.317 e. The molecule has 2 saturated heterocycles. The molecule has 2 aromatic heterocycles. The number of nitrogens with zero attached hydrogens (tertiary/aromatic N) is 5. The van der Waals surface area contributed by atoms with E-state index >= 15 is 0 Å². The molecule has 0 atom stereocenters. The van der Waals surface area contributed by atoms with Crippen LogP contribution in [0.1, 0.15) is 36.2 Å². The summed E-state index contributed by atoms with van der Waals surface area (Å²) in [7, 11) is 0. The third kappa shape index (κ3) is 2.70. The van der Waals surface area contributed by atoms with Gasteiger partial charge in [0.25, 0.3) is 0 Å². The van der Waals surface area contributed by atoms with E-state index in [2.05, 4.69) is 45.0 Å². The van der Waals surface area contributed by atoms with Crippen LogP contribution in [0.4, 0.5) is 0 Å². The Morgan fingerprint density at radius 1 is 1.13 bits per heavy atom. The molecule has 124 valence electrons. The number of nitrogens with one attached hydrogen (secondary N) is 1. The molecule has 4 rings (SSSR count). The standard InChI is InChI=1S/C17H26N6/c1-14-9-16(15(2)23(14)22-12-19-20-13-22)10-21-8-5-17(11-21)3-6-18-7-4-17/h9,12-13,18H,3-8,10-11H2,1-2H3. The second-order valence-electron chi connectivity index (χ2n) is 7.26. The Kier molecular flexibility index (Phi) is 3.73. The van der Waals surface area contributed by atoms with E-state index in [0.717, 1.165) is 6.54 Å². The molecule has 6 heteroatoms. The zero-order chi connectivity index (χ0) is 15.9. The van der Waals surface area contributed by atoms with Crippen molar-refractivity contribution in [3.63, 3.8) is 0 Å². The van der Waals surface area contributed by atoms with Crippen LogP contribution in [0.5, 0.6) is 0 Å². The van der Waals surface area contributed by atoms with E-state index in [9.17, 15) is 0 Å². The van der Waals surface area contributed by atoms with Gasteiger partial charge in [0.05, 0.1) is 0 Å². The van der Waals surface area contributed by atoms with Crippen LogP contribution >= 0.6 is 0 Å². The molecule has 0 unspecified atom stereocenters. The van der Waals surface area contributed by atoms with Crippen LogP contribution in [-0.2, 0) is 6.54 Å². The lowest BCUT2D eigenvalue weighted by Gasteiger charge is -2.33. The Bertz CT molecular complexity index is 666. The van der Waals surface area contributed by atoms with E-state index < -0.39 is 0 Å². The van der Waals surface area contributed by atoms with Crippen molar-refractivity contribution in [2.75, 3.05) is 26.2 Å². The molecule has 1 spiro atoms. The molecule has 2 aliphatic rings. The summed E-state index contributed by atoms with van der Waals surface area (Å²) in [5.74, 6) is 0. The molecule has 0 radical (unpaired) electrons. The summed E-state index contributed by atoms with van der Waals surface area (Å²) in [5.41, 5.74) is 4.51. The summed E-state index contributed by atoms with van der Waals surface area (Å²) >= 11 is 0. The zero-order valence-corrected chi connectivity index (χ0v) is 14.1. The van der Waals surface area contributed by atoms with Crippen LogP contribution in [0.2, 0.25) is 0 Å². The van der Waals surface area contributed by atoms with Crippen LogP contribution in [0, 0.1) is 19.3 Å². The van der Waals surface area contributed by atoms with Crippen molar-refractivity contribution in [1.29, 1.82) is 0 Å². The van der Waals surface area contributed by atoms with Gasteiger partial charge in [0.2, 0.25) is 0 Å². The number of hydrogen-bond acceptors (Lipinski definition) is 4. The van der Waals surface area contributed by atoms with Crippen molar-refractivity contribution in [1.82, 2.24) is 29.8 Å². The molecular weight excluding hydrogens is 288 g/mol. The molecule has 2 aliphatic heterocycles. The van der Waals surface area contributed by atoms with Crippen molar-refractivity contribution in [2.45, 2.75) is 39.7 Å². The Balaban J connectivity index is 1.51. The van der Waals surface area contributed by atoms with Gasteiger partial charge in [0.1, 0.15) is 12.7 Å². The second kappa shape index (κ2) is 5.76. The maximum absolute atomic E-state index is 3.93. The smallest absolute Gasteiger partial charge is 0.139 e. The van der Waals surface area contributed by atoms with Gasteiger partial charge in [-0.25, -0.2) is 4.68 Å². The summed E-state index contributed by atoms with van der Waals surface area (Å²) < 4.78 is 4.14. The van der Waals surface area contributed by atoms with Crippen LogP contribution in [0.25, 0.3) is 0 Å². The first-order valence-electron chi connectivity index (χ1n) is 8.63. The van der Waals surface area contributed by atoms with E-state index in [4.69, 9.17) is 0 Å². The van der Waals surface area contributed by atoms with E-state index in [1.807, 2.05) is 4.68 Å². The topological polar surface area (TPSA) is 50.9 Å². The molecular formula is C17H26N6. The fourth-order valence-corrected chi connectivity index (χ4v) is 4.40. The number of aryl methyl sites for hydroxylation is 1. The van der Waals surface area contributed by atoms with Crippen LogP contribution in [0.3, 0.4) is 0 Å². The molecule has 6 nitrogen and oxygen atoms in total. The summed E-state index contributed by atoms with van der Waals surface area (Å²) in [6, 6.07) is 2.31.